The van der Waals surface area contributed by atoms with Gasteiger partial charge in [0.1, 0.15) is 0 Å². The Bertz CT molecular complexity index is 696. The maximum absolute atomic E-state index is 4.81. The molecule has 0 amide bonds. The summed E-state index contributed by atoms with van der Waals surface area (Å²) in [5.41, 5.74) is 6.90. The predicted molar refractivity (Wildman–Crippen MR) is 84.6 cm³/mol. The average Bonchev–Trinajstić information content (AvgIpc) is 2.50. The first-order chi connectivity index (χ1) is 9.76. The summed E-state index contributed by atoms with van der Waals surface area (Å²) in [6, 6.07) is 6.34. The molecule has 0 fully saturated rings. The highest BCUT2D eigenvalue weighted by Gasteiger charge is 2.13. The summed E-state index contributed by atoms with van der Waals surface area (Å²) in [5, 5.41) is 0. The number of benzene rings is 1. The van der Waals surface area contributed by atoms with Crippen LogP contribution < -0.4 is 0 Å². The van der Waals surface area contributed by atoms with Crippen molar-refractivity contribution in [3.8, 4) is 0 Å². The topological polar surface area (TPSA) is 25.8 Å². The molecule has 2 aromatic rings. The number of fused-ring (bicyclic) bond motifs is 2. The van der Waals surface area contributed by atoms with E-state index in [1.807, 2.05) is 0 Å². The highest BCUT2D eigenvalue weighted by molar-refractivity contribution is 5.78. The van der Waals surface area contributed by atoms with Crippen molar-refractivity contribution in [3.05, 3.63) is 52.9 Å². The van der Waals surface area contributed by atoms with Gasteiger partial charge in [0.05, 0.1) is 22.4 Å². The molecule has 0 spiro atoms. The standard InChI is InChI=1S/C18H20N2/c1-3-13(2)8-9-14-10-11-17-18(12-14)20-16-7-5-4-6-15(16)19-17/h3,8-12H,4-7H2,1-2H3/b9-8+,13-3+. The number of rotatable bonds is 2. The molecule has 0 saturated carbocycles. The Balaban J connectivity index is 2.00. The molecule has 0 atom stereocenters. The van der Waals surface area contributed by atoms with Crippen LogP contribution in [0.3, 0.4) is 0 Å². The molecule has 2 heteroatoms. The Labute approximate surface area is 120 Å². The van der Waals surface area contributed by atoms with E-state index in [0.29, 0.717) is 0 Å². The lowest BCUT2D eigenvalue weighted by Gasteiger charge is -2.14. The van der Waals surface area contributed by atoms with Crippen molar-refractivity contribution < 1.29 is 0 Å². The van der Waals surface area contributed by atoms with E-state index in [9.17, 15) is 0 Å². The maximum Gasteiger partial charge on any atom is 0.0896 e. The molecule has 0 saturated heterocycles. The zero-order valence-electron chi connectivity index (χ0n) is 12.2. The Morgan fingerprint density at radius 2 is 1.75 bits per heavy atom. The molecule has 1 aliphatic carbocycles. The maximum atomic E-state index is 4.81. The monoisotopic (exact) mass is 264 g/mol. The number of aryl methyl sites for hydroxylation is 2. The summed E-state index contributed by atoms with van der Waals surface area (Å²) in [6.45, 7) is 4.16. The lowest BCUT2D eigenvalue weighted by atomic mass is 10.00. The summed E-state index contributed by atoms with van der Waals surface area (Å²) >= 11 is 0. The minimum atomic E-state index is 1.02. The molecule has 102 valence electrons. The lowest BCUT2D eigenvalue weighted by molar-refractivity contribution is 0.655. The zero-order chi connectivity index (χ0) is 13.9. The van der Waals surface area contributed by atoms with E-state index in [-0.39, 0.29) is 0 Å². The first-order valence-electron chi connectivity index (χ1n) is 7.37. The van der Waals surface area contributed by atoms with Crippen molar-refractivity contribution in [3.63, 3.8) is 0 Å². The molecule has 1 aromatic carbocycles. The molecule has 0 aliphatic heterocycles. The van der Waals surface area contributed by atoms with E-state index in [0.717, 1.165) is 23.9 Å². The van der Waals surface area contributed by atoms with E-state index in [4.69, 9.17) is 9.97 Å². The lowest BCUT2D eigenvalue weighted by Crippen LogP contribution is -2.08. The fourth-order valence-corrected chi connectivity index (χ4v) is 2.56. The molecule has 0 radical (unpaired) electrons. The molecule has 20 heavy (non-hydrogen) atoms. The van der Waals surface area contributed by atoms with Crippen LogP contribution in [0, 0.1) is 0 Å². The third kappa shape index (κ3) is 2.64. The molecular weight excluding hydrogens is 244 g/mol. The number of hydrogen-bond donors (Lipinski definition) is 0. The molecule has 3 rings (SSSR count). The van der Waals surface area contributed by atoms with Gasteiger partial charge in [-0.2, -0.15) is 0 Å². The van der Waals surface area contributed by atoms with Gasteiger partial charge in [0.25, 0.3) is 0 Å². The van der Waals surface area contributed by atoms with Crippen LogP contribution in [0.5, 0.6) is 0 Å². The number of aromatic nitrogens is 2. The van der Waals surface area contributed by atoms with Crippen molar-refractivity contribution in [2.45, 2.75) is 39.5 Å². The van der Waals surface area contributed by atoms with Gasteiger partial charge in [-0.1, -0.05) is 29.9 Å². The molecule has 1 aliphatic rings. The van der Waals surface area contributed by atoms with Crippen LogP contribution in [0.25, 0.3) is 17.1 Å². The molecular formula is C18H20N2. The Hall–Kier alpha value is -1.96. The Morgan fingerprint density at radius 1 is 1.05 bits per heavy atom. The highest BCUT2D eigenvalue weighted by Crippen LogP contribution is 2.22. The summed E-state index contributed by atoms with van der Waals surface area (Å²) < 4.78 is 0. The second-order valence-corrected chi connectivity index (χ2v) is 5.44. The summed E-state index contributed by atoms with van der Waals surface area (Å²) in [7, 11) is 0. The van der Waals surface area contributed by atoms with Crippen LogP contribution in [0.4, 0.5) is 0 Å². The van der Waals surface area contributed by atoms with Crippen LogP contribution in [0.1, 0.15) is 43.6 Å². The van der Waals surface area contributed by atoms with Crippen molar-refractivity contribution in [2.75, 3.05) is 0 Å². The first-order valence-corrected chi connectivity index (χ1v) is 7.37. The van der Waals surface area contributed by atoms with Gasteiger partial charge in [0.15, 0.2) is 0 Å². The molecule has 2 nitrogen and oxygen atoms in total. The van der Waals surface area contributed by atoms with E-state index in [1.54, 1.807) is 0 Å². The second kappa shape index (κ2) is 5.58. The Morgan fingerprint density at radius 3 is 2.45 bits per heavy atom. The van der Waals surface area contributed by atoms with Gasteiger partial charge in [0.2, 0.25) is 0 Å². The summed E-state index contributed by atoms with van der Waals surface area (Å²) in [5.74, 6) is 0. The van der Waals surface area contributed by atoms with Gasteiger partial charge in [-0.3, -0.25) is 0 Å². The minimum absolute atomic E-state index is 1.02. The van der Waals surface area contributed by atoms with E-state index in [2.05, 4.69) is 50.3 Å². The van der Waals surface area contributed by atoms with Crippen LogP contribution >= 0.6 is 0 Å². The van der Waals surface area contributed by atoms with Gasteiger partial charge in [-0.05, 0) is 57.2 Å². The molecule has 0 bridgehead atoms. The molecule has 1 heterocycles. The molecule has 1 aromatic heterocycles. The molecule has 0 unspecified atom stereocenters. The quantitative estimate of drug-likeness (QED) is 0.747. The van der Waals surface area contributed by atoms with Crippen molar-refractivity contribution in [2.24, 2.45) is 0 Å². The molecule has 0 N–H and O–H groups in total. The SMILES string of the molecule is C/C=C(C)/C=C/c1ccc2nc3c(nc2c1)CCCC3. The fraction of sp³-hybridized carbons (Fsp3) is 0.333. The van der Waals surface area contributed by atoms with Gasteiger partial charge >= 0.3 is 0 Å². The summed E-state index contributed by atoms with van der Waals surface area (Å²) in [4.78, 5) is 9.58. The number of nitrogens with zero attached hydrogens (tertiary/aromatic N) is 2. The summed E-state index contributed by atoms with van der Waals surface area (Å²) in [6.07, 6.45) is 11.0. The van der Waals surface area contributed by atoms with Crippen LogP contribution in [-0.4, -0.2) is 9.97 Å². The fourth-order valence-electron chi connectivity index (χ4n) is 2.56. The van der Waals surface area contributed by atoms with Crippen molar-refractivity contribution >= 4 is 17.1 Å². The van der Waals surface area contributed by atoms with Crippen LogP contribution in [0.2, 0.25) is 0 Å². The van der Waals surface area contributed by atoms with Gasteiger partial charge in [-0.25, -0.2) is 9.97 Å². The van der Waals surface area contributed by atoms with Crippen molar-refractivity contribution in [1.29, 1.82) is 0 Å². The zero-order valence-corrected chi connectivity index (χ0v) is 12.2. The van der Waals surface area contributed by atoms with Crippen LogP contribution in [0.15, 0.2) is 35.9 Å². The largest absolute Gasteiger partial charge is 0.249 e. The van der Waals surface area contributed by atoms with Gasteiger partial charge in [-0.15, -0.1) is 0 Å². The van der Waals surface area contributed by atoms with Gasteiger partial charge < -0.3 is 0 Å². The van der Waals surface area contributed by atoms with Gasteiger partial charge in [0, 0.05) is 0 Å². The van der Waals surface area contributed by atoms with E-state index < -0.39 is 0 Å². The van der Waals surface area contributed by atoms with Crippen molar-refractivity contribution in [1.82, 2.24) is 9.97 Å². The van der Waals surface area contributed by atoms with Crippen LogP contribution in [-0.2, 0) is 12.8 Å². The smallest absolute Gasteiger partial charge is 0.0896 e. The second-order valence-electron chi connectivity index (χ2n) is 5.44. The first kappa shape index (κ1) is 13.0. The minimum Gasteiger partial charge on any atom is -0.249 e. The Kier molecular flexibility index (Phi) is 3.64. The average molecular weight is 264 g/mol. The number of hydrogen-bond acceptors (Lipinski definition) is 2. The highest BCUT2D eigenvalue weighted by atomic mass is 14.8. The van der Waals surface area contributed by atoms with E-state index in [1.165, 1.54) is 35.4 Å². The predicted octanol–water partition coefficient (Wildman–Crippen LogP) is 4.49. The third-order valence-corrected chi connectivity index (χ3v) is 3.91. The normalized spacial score (nSPS) is 15.8. The van der Waals surface area contributed by atoms with E-state index >= 15 is 0 Å². The number of allylic oxidation sites excluding steroid dienone is 3. The third-order valence-electron chi connectivity index (χ3n) is 3.91.